The molecule has 0 N–H and O–H groups in total. The summed E-state index contributed by atoms with van der Waals surface area (Å²) >= 11 is 5.92. The predicted molar refractivity (Wildman–Crippen MR) is 100 cm³/mol. The van der Waals surface area contributed by atoms with Gasteiger partial charge in [-0.1, -0.05) is 16.8 Å². The molecule has 27 heavy (non-hydrogen) atoms. The molecule has 2 aliphatic rings. The summed E-state index contributed by atoms with van der Waals surface area (Å²) in [5.41, 5.74) is 0.874. The van der Waals surface area contributed by atoms with Crippen molar-refractivity contribution in [2.45, 2.75) is 31.9 Å². The molecule has 1 atom stereocenters. The van der Waals surface area contributed by atoms with E-state index in [1.165, 1.54) is 0 Å². The van der Waals surface area contributed by atoms with E-state index in [1.54, 1.807) is 12.1 Å². The number of nitrogens with zero attached hydrogens (tertiary/aromatic N) is 4. The van der Waals surface area contributed by atoms with Gasteiger partial charge in [0.25, 0.3) is 5.91 Å². The summed E-state index contributed by atoms with van der Waals surface area (Å²) in [6.45, 7) is 4.45. The quantitative estimate of drug-likeness (QED) is 0.799. The molecular formula is C19H23ClN4O3. The number of benzene rings is 1. The molecule has 8 heteroatoms. The number of carbonyl (C=O) groups excluding carboxylic acids is 1. The van der Waals surface area contributed by atoms with Gasteiger partial charge in [0.05, 0.1) is 6.54 Å². The highest BCUT2D eigenvalue weighted by atomic mass is 35.5. The van der Waals surface area contributed by atoms with Crippen LogP contribution >= 0.6 is 11.6 Å². The van der Waals surface area contributed by atoms with Crippen LogP contribution in [0.15, 0.2) is 28.8 Å². The molecule has 0 saturated carbocycles. The van der Waals surface area contributed by atoms with Crippen LogP contribution in [0.1, 0.15) is 25.2 Å². The van der Waals surface area contributed by atoms with Crippen LogP contribution in [-0.2, 0) is 16.1 Å². The average Bonchev–Trinajstić information content (AvgIpc) is 3.31. The lowest BCUT2D eigenvalue weighted by Crippen LogP contribution is -2.41. The number of carbonyl (C=O) groups is 1. The van der Waals surface area contributed by atoms with Gasteiger partial charge in [-0.25, -0.2) is 0 Å². The van der Waals surface area contributed by atoms with Crippen molar-refractivity contribution in [3.05, 3.63) is 35.2 Å². The van der Waals surface area contributed by atoms with Crippen molar-refractivity contribution in [3.63, 3.8) is 0 Å². The molecule has 2 fully saturated rings. The first-order chi connectivity index (χ1) is 13.2. The first kappa shape index (κ1) is 18.4. The van der Waals surface area contributed by atoms with Crippen LogP contribution in [0.4, 0.5) is 0 Å². The SMILES string of the molecule is O=C([C@H]1CCCO1)N1CCCN(Cc2nc(-c3ccc(Cl)cc3)no2)CC1. The van der Waals surface area contributed by atoms with Gasteiger partial charge >= 0.3 is 0 Å². The third-order valence-corrected chi connectivity index (χ3v) is 5.29. The van der Waals surface area contributed by atoms with E-state index in [4.69, 9.17) is 20.9 Å². The zero-order chi connectivity index (χ0) is 18.6. The standard InChI is InChI=1S/C19H23ClN4O3/c20-15-6-4-14(5-7-15)18-21-17(27-22-18)13-23-8-2-9-24(11-10-23)19(25)16-3-1-12-26-16/h4-7,16H,1-3,8-13H2/t16-/m1/s1. The van der Waals surface area contributed by atoms with Gasteiger partial charge in [0.15, 0.2) is 0 Å². The molecule has 3 heterocycles. The topological polar surface area (TPSA) is 71.7 Å². The molecule has 7 nitrogen and oxygen atoms in total. The molecule has 1 aromatic heterocycles. The Morgan fingerprint density at radius 2 is 2.00 bits per heavy atom. The number of rotatable bonds is 4. The maximum absolute atomic E-state index is 12.5. The van der Waals surface area contributed by atoms with E-state index in [-0.39, 0.29) is 12.0 Å². The molecular weight excluding hydrogens is 368 g/mol. The van der Waals surface area contributed by atoms with Gasteiger partial charge in [-0.15, -0.1) is 0 Å². The summed E-state index contributed by atoms with van der Waals surface area (Å²) in [5, 5.41) is 4.74. The number of hydrogen-bond donors (Lipinski definition) is 0. The molecule has 0 aliphatic carbocycles. The number of amides is 1. The molecule has 2 aromatic rings. The normalized spacial score (nSPS) is 21.4. The monoisotopic (exact) mass is 390 g/mol. The smallest absolute Gasteiger partial charge is 0.251 e. The largest absolute Gasteiger partial charge is 0.368 e. The fourth-order valence-corrected chi connectivity index (χ4v) is 3.68. The third-order valence-electron chi connectivity index (χ3n) is 5.03. The molecule has 4 rings (SSSR count). The van der Waals surface area contributed by atoms with Crippen molar-refractivity contribution in [1.29, 1.82) is 0 Å². The highest BCUT2D eigenvalue weighted by molar-refractivity contribution is 6.30. The zero-order valence-electron chi connectivity index (χ0n) is 15.1. The van der Waals surface area contributed by atoms with Crippen molar-refractivity contribution in [3.8, 4) is 11.4 Å². The number of aromatic nitrogens is 2. The van der Waals surface area contributed by atoms with Crippen molar-refractivity contribution >= 4 is 17.5 Å². The second-order valence-corrected chi connectivity index (χ2v) is 7.41. The third kappa shape index (κ3) is 4.48. The lowest BCUT2D eigenvalue weighted by molar-refractivity contribution is -0.140. The van der Waals surface area contributed by atoms with Crippen LogP contribution in [0.25, 0.3) is 11.4 Å². The van der Waals surface area contributed by atoms with E-state index in [9.17, 15) is 4.79 Å². The van der Waals surface area contributed by atoms with Gasteiger partial charge in [-0.3, -0.25) is 9.69 Å². The van der Waals surface area contributed by atoms with Gasteiger partial charge in [0.1, 0.15) is 6.10 Å². The van der Waals surface area contributed by atoms with Crippen LogP contribution in [0.3, 0.4) is 0 Å². The van der Waals surface area contributed by atoms with E-state index < -0.39 is 0 Å². The van der Waals surface area contributed by atoms with Crippen molar-refractivity contribution < 1.29 is 14.1 Å². The van der Waals surface area contributed by atoms with Gasteiger partial charge in [-0.2, -0.15) is 4.98 Å². The lowest BCUT2D eigenvalue weighted by atomic mass is 10.2. The maximum atomic E-state index is 12.5. The Bertz CT molecular complexity index is 774. The van der Waals surface area contributed by atoms with Crippen LogP contribution in [0.5, 0.6) is 0 Å². The van der Waals surface area contributed by atoms with Gasteiger partial charge in [0, 0.05) is 43.4 Å². The van der Waals surface area contributed by atoms with Crippen molar-refractivity contribution in [1.82, 2.24) is 19.9 Å². The Kier molecular flexibility index (Phi) is 5.71. The minimum Gasteiger partial charge on any atom is -0.368 e. The molecule has 0 spiro atoms. The minimum atomic E-state index is -0.241. The molecule has 0 radical (unpaired) electrons. The van der Waals surface area contributed by atoms with Crippen LogP contribution in [0, 0.1) is 0 Å². The van der Waals surface area contributed by atoms with Gasteiger partial charge in [-0.05, 0) is 43.5 Å². The van der Waals surface area contributed by atoms with Gasteiger partial charge < -0.3 is 14.2 Å². The van der Waals surface area contributed by atoms with Crippen LogP contribution < -0.4 is 0 Å². The molecule has 144 valence electrons. The van der Waals surface area contributed by atoms with E-state index in [1.807, 2.05) is 17.0 Å². The molecule has 1 amide bonds. The summed E-state index contributed by atoms with van der Waals surface area (Å²) < 4.78 is 10.9. The molecule has 0 bridgehead atoms. The Morgan fingerprint density at radius 1 is 1.15 bits per heavy atom. The minimum absolute atomic E-state index is 0.136. The summed E-state index contributed by atoms with van der Waals surface area (Å²) in [6.07, 6.45) is 2.50. The summed E-state index contributed by atoms with van der Waals surface area (Å²) in [5.74, 6) is 1.28. The second kappa shape index (κ2) is 8.37. The maximum Gasteiger partial charge on any atom is 0.251 e. The highest BCUT2D eigenvalue weighted by Crippen LogP contribution is 2.20. The van der Waals surface area contributed by atoms with Crippen molar-refractivity contribution in [2.75, 3.05) is 32.8 Å². The Hall–Kier alpha value is -1.96. The molecule has 1 aromatic carbocycles. The number of ether oxygens (including phenoxy) is 1. The average molecular weight is 391 g/mol. The zero-order valence-corrected chi connectivity index (χ0v) is 15.9. The van der Waals surface area contributed by atoms with E-state index in [0.717, 1.165) is 44.5 Å². The highest BCUT2D eigenvalue weighted by Gasteiger charge is 2.29. The lowest BCUT2D eigenvalue weighted by Gasteiger charge is -2.23. The first-order valence-corrected chi connectivity index (χ1v) is 9.78. The fourth-order valence-electron chi connectivity index (χ4n) is 3.55. The van der Waals surface area contributed by atoms with Crippen LogP contribution in [0.2, 0.25) is 5.02 Å². The van der Waals surface area contributed by atoms with Gasteiger partial charge in [0.2, 0.25) is 11.7 Å². The van der Waals surface area contributed by atoms with E-state index >= 15 is 0 Å². The second-order valence-electron chi connectivity index (χ2n) is 6.98. The van der Waals surface area contributed by atoms with E-state index in [2.05, 4.69) is 15.0 Å². The Balaban J connectivity index is 1.33. The Labute approximate surface area is 163 Å². The fraction of sp³-hybridized carbons (Fsp3) is 0.526. The summed E-state index contributed by atoms with van der Waals surface area (Å²) in [6, 6.07) is 7.36. The predicted octanol–water partition coefficient (Wildman–Crippen LogP) is 2.60. The van der Waals surface area contributed by atoms with Crippen molar-refractivity contribution in [2.24, 2.45) is 0 Å². The first-order valence-electron chi connectivity index (χ1n) is 9.40. The number of halogens is 1. The number of hydrogen-bond acceptors (Lipinski definition) is 6. The summed E-state index contributed by atoms with van der Waals surface area (Å²) in [4.78, 5) is 21.2. The molecule has 2 aliphatic heterocycles. The van der Waals surface area contributed by atoms with E-state index in [0.29, 0.717) is 36.4 Å². The van der Waals surface area contributed by atoms with Crippen LogP contribution in [-0.4, -0.2) is 64.7 Å². The summed E-state index contributed by atoms with van der Waals surface area (Å²) in [7, 11) is 0. The Morgan fingerprint density at radius 3 is 2.78 bits per heavy atom. The molecule has 0 unspecified atom stereocenters. The molecule has 2 saturated heterocycles.